The van der Waals surface area contributed by atoms with Gasteiger partial charge in [0.1, 0.15) is 6.17 Å². The van der Waals surface area contributed by atoms with E-state index in [0.717, 1.165) is 21.7 Å². The third-order valence-corrected chi connectivity index (χ3v) is 3.76. The molecule has 1 aliphatic rings. The van der Waals surface area contributed by atoms with Crippen molar-refractivity contribution in [3.8, 4) is 0 Å². The largest absolute Gasteiger partial charge is 0.360 e. The molecule has 0 aliphatic carbocycles. The normalized spacial score (nSPS) is 18.2. The molecule has 1 amide bonds. The monoisotopic (exact) mass is 244 g/mol. The van der Waals surface area contributed by atoms with E-state index in [1.165, 1.54) is 0 Å². The Morgan fingerprint density at radius 2 is 2.12 bits per heavy atom. The van der Waals surface area contributed by atoms with E-state index in [4.69, 9.17) is 0 Å². The van der Waals surface area contributed by atoms with Gasteiger partial charge in [0, 0.05) is 10.6 Å². The topological polar surface area (TPSA) is 41.1 Å². The van der Waals surface area contributed by atoms with Crippen molar-refractivity contribution in [2.75, 3.05) is 5.32 Å². The number of anilines is 1. The molecule has 2 aromatic rings. The first-order valence-corrected chi connectivity index (χ1v) is 6.33. The Balaban J connectivity index is 1.99. The molecule has 2 heterocycles. The van der Waals surface area contributed by atoms with Crippen LogP contribution in [0.2, 0.25) is 0 Å². The van der Waals surface area contributed by atoms with Crippen molar-refractivity contribution in [2.24, 2.45) is 0 Å². The van der Waals surface area contributed by atoms with Crippen LogP contribution in [0.3, 0.4) is 0 Å². The maximum Gasteiger partial charge on any atom is 0.255 e. The molecule has 17 heavy (non-hydrogen) atoms. The van der Waals surface area contributed by atoms with Gasteiger partial charge in [-0.2, -0.15) is 0 Å². The van der Waals surface area contributed by atoms with Crippen LogP contribution in [0.15, 0.2) is 35.7 Å². The zero-order valence-electron chi connectivity index (χ0n) is 9.36. The van der Waals surface area contributed by atoms with E-state index in [2.05, 4.69) is 10.6 Å². The van der Waals surface area contributed by atoms with E-state index in [-0.39, 0.29) is 12.1 Å². The standard InChI is InChI=1S/C13H12N2OS/c1-8-4-5-10-9(7-8)13(16)15-12(14-10)11-3-2-6-17-11/h2-7,12,14H,1H3,(H,15,16). The predicted molar refractivity (Wildman–Crippen MR) is 69.3 cm³/mol. The van der Waals surface area contributed by atoms with E-state index >= 15 is 0 Å². The van der Waals surface area contributed by atoms with Gasteiger partial charge in [-0.1, -0.05) is 17.7 Å². The molecule has 86 valence electrons. The molecule has 0 radical (unpaired) electrons. The SMILES string of the molecule is Cc1ccc2c(c1)C(=O)NC(c1cccs1)N2. The molecule has 0 spiro atoms. The van der Waals surface area contributed by atoms with Crippen LogP contribution in [0.1, 0.15) is 27.0 Å². The number of hydrogen-bond acceptors (Lipinski definition) is 3. The Morgan fingerprint density at radius 3 is 2.88 bits per heavy atom. The summed E-state index contributed by atoms with van der Waals surface area (Å²) >= 11 is 1.63. The zero-order chi connectivity index (χ0) is 11.8. The van der Waals surface area contributed by atoms with Crippen molar-refractivity contribution in [1.29, 1.82) is 0 Å². The Morgan fingerprint density at radius 1 is 1.24 bits per heavy atom. The minimum Gasteiger partial charge on any atom is -0.360 e. The highest BCUT2D eigenvalue weighted by Crippen LogP contribution is 2.28. The third kappa shape index (κ3) is 1.80. The summed E-state index contributed by atoms with van der Waals surface area (Å²) in [4.78, 5) is 13.1. The second-order valence-corrected chi connectivity index (χ2v) is 5.09. The van der Waals surface area contributed by atoms with Crippen LogP contribution >= 0.6 is 11.3 Å². The summed E-state index contributed by atoms with van der Waals surface area (Å²) in [6.45, 7) is 1.99. The quantitative estimate of drug-likeness (QED) is 0.809. The summed E-state index contributed by atoms with van der Waals surface area (Å²) < 4.78 is 0. The first-order chi connectivity index (χ1) is 8.24. The van der Waals surface area contributed by atoms with Crippen molar-refractivity contribution in [3.05, 3.63) is 51.7 Å². The Kier molecular flexibility index (Phi) is 2.37. The predicted octanol–water partition coefficient (Wildman–Crippen LogP) is 2.91. The van der Waals surface area contributed by atoms with Gasteiger partial charge in [0.15, 0.2) is 0 Å². The van der Waals surface area contributed by atoms with E-state index in [0.29, 0.717) is 0 Å². The molecule has 0 fully saturated rings. The molecule has 1 aromatic carbocycles. The van der Waals surface area contributed by atoms with Gasteiger partial charge in [0.25, 0.3) is 5.91 Å². The highest BCUT2D eigenvalue weighted by Gasteiger charge is 2.24. The van der Waals surface area contributed by atoms with Gasteiger partial charge in [0.05, 0.1) is 5.56 Å². The van der Waals surface area contributed by atoms with Gasteiger partial charge in [0.2, 0.25) is 0 Å². The number of hydrogen-bond donors (Lipinski definition) is 2. The molecule has 1 aromatic heterocycles. The fourth-order valence-electron chi connectivity index (χ4n) is 1.97. The van der Waals surface area contributed by atoms with Crippen molar-refractivity contribution >= 4 is 22.9 Å². The third-order valence-electron chi connectivity index (χ3n) is 2.82. The van der Waals surface area contributed by atoms with Gasteiger partial charge < -0.3 is 10.6 Å². The maximum absolute atomic E-state index is 12.0. The number of nitrogens with one attached hydrogen (secondary N) is 2. The van der Waals surface area contributed by atoms with Crippen molar-refractivity contribution < 1.29 is 4.79 Å². The van der Waals surface area contributed by atoms with Crippen LogP contribution in [0, 0.1) is 6.92 Å². The lowest BCUT2D eigenvalue weighted by Crippen LogP contribution is -2.38. The molecular formula is C13H12N2OS. The van der Waals surface area contributed by atoms with Crippen LogP contribution in [0.5, 0.6) is 0 Å². The lowest BCUT2D eigenvalue weighted by molar-refractivity contribution is 0.0936. The first-order valence-electron chi connectivity index (χ1n) is 5.45. The highest BCUT2D eigenvalue weighted by atomic mass is 32.1. The highest BCUT2D eigenvalue weighted by molar-refractivity contribution is 7.10. The summed E-state index contributed by atoms with van der Waals surface area (Å²) in [6.07, 6.45) is -0.113. The van der Waals surface area contributed by atoms with Gasteiger partial charge in [-0.15, -0.1) is 11.3 Å². The van der Waals surface area contributed by atoms with Crippen LogP contribution in [0.4, 0.5) is 5.69 Å². The fraction of sp³-hybridized carbons (Fsp3) is 0.154. The van der Waals surface area contributed by atoms with Gasteiger partial charge in [-0.3, -0.25) is 4.79 Å². The summed E-state index contributed by atoms with van der Waals surface area (Å²) in [5.41, 5.74) is 2.71. The molecule has 0 saturated carbocycles. The Bertz CT molecular complexity index is 563. The van der Waals surface area contributed by atoms with Crippen LogP contribution in [-0.2, 0) is 0 Å². The van der Waals surface area contributed by atoms with Gasteiger partial charge in [-0.25, -0.2) is 0 Å². The van der Waals surface area contributed by atoms with Crippen LogP contribution < -0.4 is 10.6 Å². The molecule has 0 bridgehead atoms. The number of amides is 1. The smallest absolute Gasteiger partial charge is 0.255 e. The second kappa shape index (κ2) is 3.89. The molecule has 1 atom stereocenters. The Labute approximate surface area is 103 Å². The lowest BCUT2D eigenvalue weighted by Gasteiger charge is -2.27. The number of carbonyl (C=O) groups excluding carboxylic acids is 1. The number of benzene rings is 1. The number of fused-ring (bicyclic) bond motifs is 1. The Hall–Kier alpha value is -1.81. The van der Waals surface area contributed by atoms with Crippen LogP contribution in [0.25, 0.3) is 0 Å². The molecular weight excluding hydrogens is 232 g/mol. The molecule has 4 heteroatoms. The number of carbonyl (C=O) groups is 1. The van der Waals surface area contributed by atoms with Gasteiger partial charge in [-0.05, 0) is 30.5 Å². The summed E-state index contributed by atoms with van der Waals surface area (Å²) in [6, 6.07) is 9.88. The summed E-state index contributed by atoms with van der Waals surface area (Å²) in [5.74, 6) is -0.0131. The van der Waals surface area contributed by atoms with E-state index in [9.17, 15) is 4.79 Å². The second-order valence-electron chi connectivity index (χ2n) is 4.12. The summed E-state index contributed by atoms with van der Waals surface area (Å²) in [7, 11) is 0. The average molecular weight is 244 g/mol. The van der Waals surface area contributed by atoms with Crippen molar-refractivity contribution in [3.63, 3.8) is 0 Å². The van der Waals surface area contributed by atoms with E-state index in [1.54, 1.807) is 11.3 Å². The van der Waals surface area contributed by atoms with E-state index in [1.807, 2.05) is 42.6 Å². The molecule has 3 rings (SSSR count). The maximum atomic E-state index is 12.0. The van der Waals surface area contributed by atoms with Gasteiger partial charge >= 0.3 is 0 Å². The molecule has 3 nitrogen and oxygen atoms in total. The van der Waals surface area contributed by atoms with E-state index < -0.39 is 0 Å². The minimum atomic E-state index is -0.113. The van der Waals surface area contributed by atoms with Crippen molar-refractivity contribution in [1.82, 2.24) is 5.32 Å². The average Bonchev–Trinajstić information content (AvgIpc) is 2.83. The molecule has 1 aliphatic heterocycles. The van der Waals surface area contributed by atoms with Crippen molar-refractivity contribution in [2.45, 2.75) is 13.1 Å². The molecule has 1 unspecified atom stereocenters. The summed E-state index contributed by atoms with van der Waals surface area (Å²) in [5, 5.41) is 8.31. The van der Waals surface area contributed by atoms with Crippen LogP contribution in [-0.4, -0.2) is 5.91 Å². The zero-order valence-corrected chi connectivity index (χ0v) is 10.2. The number of rotatable bonds is 1. The lowest BCUT2D eigenvalue weighted by atomic mass is 10.1. The molecule has 0 saturated heterocycles. The fourth-order valence-corrected chi connectivity index (χ4v) is 2.70. The molecule has 2 N–H and O–H groups in total. The minimum absolute atomic E-state index is 0.0131. The number of thiophene rings is 1. The number of aryl methyl sites for hydroxylation is 1. The first kappa shape index (κ1) is 10.4.